The van der Waals surface area contributed by atoms with E-state index < -0.39 is 12.0 Å². The third-order valence-electron chi connectivity index (χ3n) is 6.47. The summed E-state index contributed by atoms with van der Waals surface area (Å²) in [5.41, 5.74) is 0.583. The van der Waals surface area contributed by atoms with Gasteiger partial charge >= 0.3 is 5.97 Å². The highest BCUT2D eigenvalue weighted by Gasteiger charge is 2.31. The number of ether oxygens (including phenoxy) is 1. The predicted octanol–water partition coefficient (Wildman–Crippen LogP) is 4.71. The second-order valence-electron chi connectivity index (χ2n) is 9.30. The molecule has 0 bridgehead atoms. The van der Waals surface area contributed by atoms with Crippen LogP contribution in [0.15, 0.2) is 24.4 Å². The Labute approximate surface area is 214 Å². The molecule has 2 amide bonds. The van der Waals surface area contributed by atoms with Gasteiger partial charge in [0.05, 0.1) is 28.7 Å². The predicted molar refractivity (Wildman–Crippen MR) is 136 cm³/mol. The lowest BCUT2D eigenvalue weighted by molar-refractivity contribution is -0.123. The number of halogens is 1. The van der Waals surface area contributed by atoms with Crippen LogP contribution in [0.3, 0.4) is 0 Å². The van der Waals surface area contributed by atoms with Gasteiger partial charge in [0.1, 0.15) is 6.04 Å². The molecule has 35 heavy (non-hydrogen) atoms. The molecule has 2 saturated carbocycles. The molecular formula is C25H31ClN4O4S. The average Bonchev–Trinajstić information content (AvgIpc) is 3.28. The molecule has 2 fully saturated rings. The van der Waals surface area contributed by atoms with Crippen molar-refractivity contribution < 1.29 is 19.1 Å². The van der Waals surface area contributed by atoms with Crippen LogP contribution >= 0.6 is 22.9 Å². The van der Waals surface area contributed by atoms with E-state index in [0.717, 1.165) is 30.6 Å². The van der Waals surface area contributed by atoms with E-state index in [4.69, 9.17) is 16.3 Å². The topological polar surface area (TPSA) is 109 Å². The van der Waals surface area contributed by atoms with Gasteiger partial charge in [0, 0.05) is 17.1 Å². The molecule has 2 heterocycles. The Kier molecular flexibility index (Phi) is 8.28. The maximum absolute atomic E-state index is 13.1. The SMILES string of the molecule is COC(=O)c1ncc(Cl)cc1N[C@@H](C)c1ccc(C(=O)N[C@@H](CC2CCCC2)C(=O)NC2CC2)s1. The minimum atomic E-state index is -0.569. The van der Waals surface area contributed by atoms with Crippen molar-refractivity contribution in [2.75, 3.05) is 12.4 Å². The standard InChI is InChI=1S/C25H31ClN4O4S/c1-14(28-18-12-16(26)13-27-22(18)25(33)34-2)20-9-10-21(35-20)24(32)30-19(11-15-5-3-4-6-15)23(31)29-17-7-8-17/h9-10,12-15,17,19,28H,3-8,11H2,1-2H3,(H,29,31)(H,30,32)/t14-,19-/m0/s1. The van der Waals surface area contributed by atoms with Gasteiger partial charge < -0.3 is 20.7 Å². The van der Waals surface area contributed by atoms with E-state index >= 15 is 0 Å². The number of nitrogens with zero attached hydrogens (tertiary/aromatic N) is 1. The largest absolute Gasteiger partial charge is 0.464 e. The Morgan fingerprint density at radius 3 is 2.63 bits per heavy atom. The zero-order valence-corrected chi connectivity index (χ0v) is 21.5. The van der Waals surface area contributed by atoms with Crippen molar-refractivity contribution in [2.45, 2.75) is 70.0 Å². The molecule has 2 aromatic heterocycles. The Morgan fingerprint density at radius 1 is 1.20 bits per heavy atom. The van der Waals surface area contributed by atoms with Crippen LogP contribution < -0.4 is 16.0 Å². The van der Waals surface area contributed by atoms with E-state index in [1.807, 2.05) is 13.0 Å². The fourth-order valence-corrected chi connectivity index (χ4v) is 5.46. The molecule has 4 rings (SSSR count). The first-order chi connectivity index (χ1) is 16.8. The van der Waals surface area contributed by atoms with E-state index in [1.54, 1.807) is 12.1 Å². The summed E-state index contributed by atoms with van der Waals surface area (Å²) in [7, 11) is 1.29. The summed E-state index contributed by atoms with van der Waals surface area (Å²) < 4.78 is 4.80. The van der Waals surface area contributed by atoms with Crippen molar-refractivity contribution in [3.05, 3.63) is 44.9 Å². The number of amides is 2. The van der Waals surface area contributed by atoms with Gasteiger partial charge in [-0.1, -0.05) is 37.3 Å². The minimum absolute atomic E-state index is 0.0802. The fraction of sp³-hybridized carbons (Fsp3) is 0.520. The Bertz CT molecular complexity index is 1080. The second-order valence-corrected chi connectivity index (χ2v) is 10.9. The number of carbonyl (C=O) groups excluding carboxylic acids is 3. The van der Waals surface area contributed by atoms with Crippen molar-refractivity contribution >= 4 is 46.4 Å². The number of thiophene rings is 1. The molecule has 2 aliphatic carbocycles. The van der Waals surface area contributed by atoms with E-state index in [0.29, 0.717) is 27.9 Å². The van der Waals surface area contributed by atoms with Crippen LogP contribution in [0, 0.1) is 5.92 Å². The van der Waals surface area contributed by atoms with Gasteiger partial charge in [-0.15, -0.1) is 11.3 Å². The molecule has 188 valence electrons. The van der Waals surface area contributed by atoms with Gasteiger partial charge in [0.2, 0.25) is 5.91 Å². The van der Waals surface area contributed by atoms with E-state index in [1.165, 1.54) is 37.5 Å². The fourth-order valence-electron chi connectivity index (χ4n) is 4.39. The quantitative estimate of drug-likeness (QED) is 0.393. The third-order valence-corrected chi connectivity index (χ3v) is 7.95. The molecule has 0 aromatic carbocycles. The summed E-state index contributed by atoms with van der Waals surface area (Å²) >= 11 is 7.41. The molecule has 0 aliphatic heterocycles. The number of hydrogen-bond acceptors (Lipinski definition) is 7. The van der Waals surface area contributed by atoms with Gasteiger partial charge in [-0.2, -0.15) is 0 Å². The molecular weight excluding hydrogens is 488 g/mol. The maximum atomic E-state index is 13.1. The normalized spacial score (nSPS) is 17.5. The first-order valence-corrected chi connectivity index (χ1v) is 13.2. The van der Waals surface area contributed by atoms with Gasteiger partial charge in [-0.25, -0.2) is 9.78 Å². The first kappa shape index (κ1) is 25.4. The Hall–Kier alpha value is -2.65. The molecule has 0 radical (unpaired) electrons. The lowest BCUT2D eigenvalue weighted by Crippen LogP contribution is -2.48. The van der Waals surface area contributed by atoms with Gasteiger partial charge in [-0.05, 0) is 50.3 Å². The molecule has 0 spiro atoms. The van der Waals surface area contributed by atoms with Crippen LogP contribution in [0.1, 0.15) is 82.9 Å². The molecule has 2 aromatic rings. The van der Waals surface area contributed by atoms with Gasteiger partial charge in [0.15, 0.2) is 5.69 Å². The maximum Gasteiger partial charge on any atom is 0.358 e. The van der Waals surface area contributed by atoms with E-state index in [-0.39, 0.29) is 29.6 Å². The number of pyridine rings is 1. The molecule has 0 saturated heterocycles. The monoisotopic (exact) mass is 518 g/mol. The molecule has 10 heteroatoms. The number of anilines is 1. The highest BCUT2D eigenvalue weighted by atomic mass is 35.5. The van der Waals surface area contributed by atoms with Gasteiger partial charge in [-0.3, -0.25) is 9.59 Å². The summed E-state index contributed by atoms with van der Waals surface area (Å²) in [5, 5.41) is 9.65. The number of methoxy groups -OCH3 is 1. The van der Waals surface area contributed by atoms with Crippen molar-refractivity contribution in [1.82, 2.24) is 15.6 Å². The molecule has 2 atom stereocenters. The summed E-state index contributed by atoms with van der Waals surface area (Å²) in [6.45, 7) is 1.92. The summed E-state index contributed by atoms with van der Waals surface area (Å²) in [4.78, 5) is 43.4. The smallest absolute Gasteiger partial charge is 0.358 e. The van der Waals surface area contributed by atoms with Crippen LogP contribution in [0.2, 0.25) is 5.02 Å². The van der Waals surface area contributed by atoms with E-state index in [2.05, 4.69) is 20.9 Å². The van der Waals surface area contributed by atoms with Crippen molar-refractivity contribution in [1.29, 1.82) is 0 Å². The van der Waals surface area contributed by atoms with Crippen LogP contribution in [0.25, 0.3) is 0 Å². The van der Waals surface area contributed by atoms with Crippen LogP contribution in [0.5, 0.6) is 0 Å². The van der Waals surface area contributed by atoms with E-state index in [9.17, 15) is 14.4 Å². The van der Waals surface area contributed by atoms with Crippen molar-refractivity contribution in [3.8, 4) is 0 Å². The number of aromatic nitrogens is 1. The zero-order valence-electron chi connectivity index (χ0n) is 19.9. The summed E-state index contributed by atoms with van der Waals surface area (Å²) in [5.74, 6) is -0.422. The van der Waals surface area contributed by atoms with Crippen molar-refractivity contribution in [3.63, 3.8) is 0 Å². The zero-order chi connectivity index (χ0) is 24.9. The lowest BCUT2D eigenvalue weighted by atomic mass is 9.97. The van der Waals surface area contributed by atoms with Crippen molar-refractivity contribution in [2.24, 2.45) is 5.92 Å². The minimum Gasteiger partial charge on any atom is -0.464 e. The number of rotatable bonds is 10. The van der Waals surface area contributed by atoms with Crippen LogP contribution in [0.4, 0.5) is 5.69 Å². The Morgan fingerprint density at radius 2 is 1.94 bits per heavy atom. The molecule has 2 aliphatic rings. The second kappa shape index (κ2) is 11.4. The first-order valence-electron chi connectivity index (χ1n) is 12.1. The number of hydrogen-bond donors (Lipinski definition) is 3. The number of carbonyl (C=O) groups is 3. The summed E-state index contributed by atoms with van der Waals surface area (Å²) in [6.07, 6.45) is 8.69. The molecule has 0 unspecified atom stereocenters. The highest BCUT2D eigenvalue weighted by molar-refractivity contribution is 7.14. The number of esters is 1. The Balaban J connectivity index is 1.42. The average molecular weight is 519 g/mol. The third kappa shape index (κ3) is 6.73. The van der Waals surface area contributed by atoms with Crippen LogP contribution in [-0.2, 0) is 9.53 Å². The molecule has 3 N–H and O–H groups in total. The number of nitrogens with one attached hydrogen (secondary N) is 3. The van der Waals surface area contributed by atoms with Gasteiger partial charge in [0.25, 0.3) is 5.91 Å². The van der Waals surface area contributed by atoms with Crippen LogP contribution in [-0.4, -0.2) is 42.0 Å². The lowest BCUT2D eigenvalue weighted by Gasteiger charge is -2.21. The molecule has 8 nitrogen and oxygen atoms in total. The summed E-state index contributed by atoms with van der Waals surface area (Å²) in [6, 6.07) is 4.75. The highest BCUT2D eigenvalue weighted by Crippen LogP contribution is 2.31.